The zero-order chi connectivity index (χ0) is 23.1. The van der Waals surface area contributed by atoms with Gasteiger partial charge in [-0.3, -0.25) is 4.79 Å². The molecule has 0 fully saturated rings. The first kappa shape index (κ1) is 23.9. The van der Waals surface area contributed by atoms with Crippen molar-refractivity contribution in [3.05, 3.63) is 91.0 Å². The molecule has 0 saturated carbocycles. The number of anilines is 1. The fraction of sp³-hybridized carbons (Fsp3) is 0.0833. The monoisotopic (exact) mass is 578 g/mol. The molecule has 0 spiro atoms. The molecule has 0 saturated heterocycles. The van der Waals surface area contributed by atoms with Crippen LogP contribution in [0.3, 0.4) is 0 Å². The molecule has 5 nitrogen and oxygen atoms in total. The Balaban J connectivity index is 1.82. The van der Waals surface area contributed by atoms with Gasteiger partial charge in [-0.15, -0.1) is 0 Å². The predicted molar refractivity (Wildman–Crippen MR) is 135 cm³/mol. The summed E-state index contributed by atoms with van der Waals surface area (Å²) < 4.78 is 12.3. The van der Waals surface area contributed by atoms with Crippen LogP contribution in [0.15, 0.2) is 66.2 Å². The zero-order valence-corrected chi connectivity index (χ0v) is 20.5. The largest absolute Gasteiger partial charge is 0.493 e. The van der Waals surface area contributed by atoms with E-state index in [-0.39, 0.29) is 12.2 Å². The van der Waals surface area contributed by atoms with Crippen LogP contribution in [-0.4, -0.2) is 13.0 Å². The van der Waals surface area contributed by atoms with Crippen molar-refractivity contribution in [1.29, 1.82) is 5.26 Å². The number of rotatable bonds is 7. The Hall–Kier alpha value is -2.73. The van der Waals surface area contributed by atoms with Gasteiger partial charge in [0, 0.05) is 24.9 Å². The number of benzene rings is 3. The van der Waals surface area contributed by atoms with E-state index in [0.717, 1.165) is 3.57 Å². The van der Waals surface area contributed by atoms with Crippen molar-refractivity contribution in [2.24, 2.45) is 0 Å². The van der Waals surface area contributed by atoms with Crippen LogP contribution in [0.5, 0.6) is 11.5 Å². The summed E-state index contributed by atoms with van der Waals surface area (Å²) in [5, 5.41) is 13.2. The molecule has 1 amide bonds. The van der Waals surface area contributed by atoms with Crippen LogP contribution in [-0.2, 0) is 11.4 Å². The molecule has 3 rings (SSSR count). The highest BCUT2D eigenvalue weighted by atomic mass is 127. The van der Waals surface area contributed by atoms with Gasteiger partial charge < -0.3 is 14.8 Å². The molecule has 0 unspecified atom stereocenters. The fourth-order valence-electron chi connectivity index (χ4n) is 2.76. The number of nitrogens with zero attached hydrogens (tertiary/aromatic N) is 1. The lowest BCUT2D eigenvalue weighted by Gasteiger charge is -2.13. The fourth-order valence-corrected chi connectivity index (χ4v) is 3.63. The molecule has 0 bridgehead atoms. The molecule has 3 aromatic rings. The van der Waals surface area contributed by atoms with Crippen LogP contribution in [0.2, 0.25) is 10.0 Å². The van der Waals surface area contributed by atoms with Crippen molar-refractivity contribution in [1.82, 2.24) is 0 Å². The molecular weight excluding hydrogens is 562 g/mol. The standard InChI is InChI=1S/C24H17Cl2IN2O3/c1-31-22-10-5-15(12-23(22)32-14-19-20(25)3-2-4-21(19)26)11-16(13-28)24(30)29-18-8-6-17(27)7-9-18/h2-12H,14H2,1H3,(H,29,30)/b16-11+. The molecule has 162 valence electrons. The van der Waals surface area contributed by atoms with Gasteiger partial charge in [0.2, 0.25) is 0 Å². The van der Waals surface area contributed by atoms with E-state index in [1.807, 2.05) is 18.2 Å². The van der Waals surface area contributed by atoms with E-state index in [9.17, 15) is 10.1 Å². The minimum absolute atomic E-state index is 0.0474. The molecule has 1 N–H and O–H groups in total. The first-order chi connectivity index (χ1) is 15.4. The Kier molecular flexibility index (Phi) is 8.39. The van der Waals surface area contributed by atoms with Gasteiger partial charge in [0.25, 0.3) is 5.91 Å². The third-order valence-corrected chi connectivity index (χ3v) is 5.83. The van der Waals surface area contributed by atoms with Gasteiger partial charge >= 0.3 is 0 Å². The second-order valence-electron chi connectivity index (χ2n) is 6.53. The number of amides is 1. The van der Waals surface area contributed by atoms with E-state index in [1.54, 1.807) is 48.5 Å². The number of ether oxygens (including phenoxy) is 2. The molecule has 0 aliphatic rings. The van der Waals surface area contributed by atoms with Crippen molar-refractivity contribution < 1.29 is 14.3 Å². The average Bonchev–Trinajstić information content (AvgIpc) is 2.78. The first-order valence-electron chi connectivity index (χ1n) is 9.33. The van der Waals surface area contributed by atoms with Crippen molar-refractivity contribution in [2.75, 3.05) is 12.4 Å². The van der Waals surface area contributed by atoms with Crippen LogP contribution in [0.1, 0.15) is 11.1 Å². The Morgan fingerprint density at radius 1 is 1.09 bits per heavy atom. The average molecular weight is 579 g/mol. The van der Waals surface area contributed by atoms with Gasteiger partial charge in [-0.2, -0.15) is 5.26 Å². The zero-order valence-electron chi connectivity index (χ0n) is 16.9. The summed E-state index contributed by atoms with van der Waals surface area (Å²) in [7, 11) is 1.52. The summed E-state index contributed by atoms with van der Waals surface area (Å²) in [4.78, 5) is 12.5. The molecule has 3 aromatic carbocycles. The third-order valence-electron chi connectivity index (χ3n) is 4.40. The molecule has 0 atom stereocenters. The minimum Gasteiger partial charge on any atom is -0.493 e. The molecule has 0 aliphatic carbocycles. The predicted octanol–water partition coefficient (Wildman–Crippen LogP) is 6.73. The third kappa shape index (κ3) is 6.16. The number of carbonyl (C=O) groups excluding carboxylic acids is 1. The highest BCUT2D eigenvalue weighted by Gasteiger charge is 2.13. The number of methoxy groups -OCH3 is 1. The number of halogens is 3. The number of carbonyl (C=O) groups is 1. The molecule has 0 radical (unpaired) electrons. The van der Waals surface area contributed by atoms with Crippen LogP contribution in [0, 0.1) is 14.9 Å². The highest BCUT2D eigenvalue weighted by molar-refractivity contribution is 14.1. The van der Waals surface area contributed by atoms with Crippen molar-refractivity contribution >= 4 is 63.5 Å². The molecule has 0 aromatic heterocycles. The topological polar surface area (TPSA) is 71.3 Å². The summed E-state index contributed by atoms with van der Waals surface area (Å²) in [6.07, 6.45) is 1.48. The van der Waals surface area contributed by atoms with E-state index in [1.165, 1.54) is 13.2 Å². The van der Waals surface area contributed by atoms with Gasteiger partial charge in [-0.1, -0.05) is 35.3 Å². The maximum atomic E-state index is 12.5. The minimum atomic E-state index is -0.505. The Morgan fingerprint density at radius 2 is 1.78 bits per heavy atom. The quantitative estimate of drug-likeness (QED) is 0.192. The second-order valence-corrected chi connectivity index (χ2v) is 8.59. The summed E-state index contributed by atoms with van der Waals surface area (Å²) >= 11 is 14.6. The maximum Gasteiger partial charge on any atom is 0.266 e. The maximum absolute atomic E-state index is 12.5. The highest BCUT2D eigenvalue weighted by Crippen LogP contribution is 2.32. The normalized spacial score (nSPS) is 10.9. The molecule has 8 heteroatoms. The van der Waals surface area contributed by atoms with Crippen LogP contribution in [0.25, 0.3) is 6.08 Å². The Labute approximate surface area is 209 Å². The van der Waals surface area contributed by atoms with Crippen LogP contribution in [0.4, 0.5) is 5.69 Å². The van der Waals surface area contributed by atoms with Crippen LogP contribution < -0.4 is 14.8 Å². The number of hydrogen-bond acceptors (Lipinski definition) is 4. The van der Waals surface area contributed by atoms with Gasteiger partial charge in [-0.05, 0) is 82.8 Å². The smallest absolute Gasteiger partial charge is 0.266 e. The van der Waals surface area contributed by atoms with Gasteiger partial charge in [-0.25, -0.2) is 0 Å². The van der Waals surface area contributed by atoms with Crippen molar-refractivity contribution in [3.8, 4) is 17.6 Å². The van der Waals surface area contributed by atoms with Gasteiger partial charge in [0.15, 0.2) is 11.5 Å². The summed E-state index contributed by atoms with van der Waals surface area (Å²) in [5.74, 6) is 0.412. The second kappa shape index (κ2) is 11.2. The molecular formula is C24H17Cl2IN2O3. The number of nitrogens with one attached hydrogen (secondary N) is 1. The summed E-state index contributed by atoms with van der Waals surface area (Å²) in [6, 6.07) is 19.5. The van der Waals surface area contributed by atoms with Crippen molar-refractivity contribution in [2.45, 2.75) is 6.61 Å². The van der Waals surface area contributed by atoms with E-state index in [4.69, 9.17) is 32.7 Å². The van der Waals surface area contributed by atoms with E-state index >= 15 is 0 Å². The van der Waals surface area contributed by atoms with Gasteiger partial charge in [0.1, 0.15) is 18.2 Å². The SMILES string of the molecule is COc1ccc(/C=C(\C#N)C(=O)Nc2ccc(I)cc2)cc1OCc1c(Cl)cccc1Cl. The first-order valence-corrected chi connectivity index (χ1v) is 11.2. The van der Waals surface area contributed by atoms with E-state index in [0.29, 0.717) is 38.4 Å². The van der Waals surface area contributed by atoms with Crippen molar-refractivity contribution in [3.63, 3.8) is 0 Å². The number of nitriles is 1. The van der Waals surface area contributed by atoms with Gasteiger partial charge in [0.05, 0.1) is 7.11 Å². The molecule has 0 heterocycles. The summed E-state index contributed by atoms with van der Waals surface area (Å²) in [5.41, 5.74) is 1.80. The lowest BCUT2D eigenvalue weighted by Crippen LogP contribution is -2.13. The van der Waals surface area contributed by atoms with Crippen LogP contribution >= 0.6 is 45.8 Å². The van der Waals surface area contributed by atoms with E-state index in [2.05, 4.69) is 27.9 Å². The van der Waals surface area contributed by atoms with E-state index < -0.39 is 5.91 Å². The molecule has 32 heavy (non-hydrogen) atoms. The lowest BCUT2D eigenvalue weighted by atomic mass is 10.1. The Bertz CT molecular complexity index is 1180. The Morgan fingerprint density at radius 3 is 2.41 bits per heavy atom. The molecule has 0 aliphatic heterocycles. The summed E-state index contributed by atoms with van der Waals surface area (Å²) in [6.45, 7) is 0.125. The lowest BCUT2D eigenvalue weighted by molar-refractivity contribution is -0.112. The number of hydrogen-bond donors (Lipinski definition) is 1.